The van der Waals surface area contributed by atoms with E-state index in [0.717, 1.165) is 5.56 Å². The molecule has 0 radical (unpaired) electrons. The van der Waals surface area contributed by atoms with Gasteiger partial charge in [-0.3, -0.25) is 14.9 Å². The van der Waals surface area contributed by atoms with Crippen LogP contribution >= 0.6 is 0 Å². The van der Waals surface area contributed by atoms with Crippen molar-refractivity contribution in [2.75, 3.05) is 11.4 Å². The smallest absolute Gasteiger partial charge is 0.305 e. The van der Waals surface area contributed by atoms with Crippen molar-refractivity contribution in [1.29, 1.82) is 0 Å². The highest BCUT2D eigenvalue weighted by molar-refractivity contribution is 5.67. The Kier molecular flexibility index (Phi) is 5.02. The van der Waals surface area contributed by atoms with Crippen molar-refractivity contribution in [3.8, 4) is 0 Å². The zero-order valence-electron chi connectivity index (χ0n) is 11.8. The van der Waals surface area contributed by atoms with Crippen LogP contribution in [0.4, 0.5) is 11.5 Å². The summed E-state index contributed by atoms with van der Waals surface area (Å²) < 4.78 is 0. The molecular weight excluding hydrogens is 286 g/mol. The zero-order valence-corrected chi connectivity index (χ0v) is 11.8. The number of aromatic nitrogens is 1. The quantitative estimate of drug-likeness (QED) is 0.623. The van der Waals surface area contributed by atoms with E-state index in [0.29, 0.717) is 12.4 Å². The number of benzene rings is 1. The molecule has 0 saturated heterocycles. The molecule has 2 aromatic rings. The van der Waals surface area contributed by atoms with Gasteiger partial charge in [-0.05, 0) is 11.6 Å². The predicted molar refractivity (Wildman–Crippen MR) is 80.6 cm³/mol. The number of aliphatic carboxylic acids is 1. The molecule has 0 unspecified atom stereocenters. The third-order valence-electron chi connectivity index (χ3n) is 3.08. The van der Waals surface area contributed by atoms with Crippen LogP contribution in [0.2, 0.25) is 0 Å². The molecule has 0 bridgehead atoms. The predicted octanol–water partition coefficient (Wildman–Crippen LogP) is 2.47. The number of carbonyl (C=O) groups is 1. The molecule has 7 nitrogen and oxygen atoms in total. The molecule has 22 heavy (non-hydrogen) atoms. The lowest BCUT2D eigenvalue weighted by molar-refractivity contribution is -0.385. The number of rotatable bonds is 7. The van der Waals surface area contributed by atoms with Gasteiger partial charge in [0.2, 0.25) is 0 Å². The topological polar surface area (TPSA) is 96.6 Å². The molecule has 1 aromatic heterocycles. The third-order valence-corrected chi connectivity index (χ3v) is 3.08. The van der Waals surface area contributed by atoms with Crippen molar-refractivity contribution < 1.29 is 14.8 Å². The first kappa shape index (κ1) is 15.4. The second kappa shape index (κ2) is 7.16. The maximum Gasteiger partial charge on any atom is 0.305 e. The summed E-state index contributed by atoms with van der Waals surface area (Å²) in [6, 6.07) is 12.4. The molecule has 0 fully saturated rings. The number of carboxylic acids is 1. The van der Waals surface area contributed by atoms with Gasteiger partial charge in [-0.2, -0.15) is 0 Å². The number of pyridine rings is 1. The summed E-state index contributed by atoms with van der Waals surface area (Å²) in [6.07, 6.45) is 1.14. The molecule has 2 rings (SSSR count). The Bertz CT molecular complexity index is 644. The third kappa shape index (κ3) is 4.27. The van der Waals surface area contributed by atoms with Crippen LogP contribution in [0.1, 0.15) is 12.0 Å². The molecule has 0 atom stereocenters. The molecule has 0 aliphatic heterocycles. The number of hydrogen-bond acceptors (Lipinski definition) is 5. The number of hydrogen-bond donors (Lipinski definition) is 1. The Labute approximate surface area is 127 Å². The fraction of sp³-hybridized carbons (Fsp3) is 0.200. The van der Waals surface area contributed by atoms with Crippen LogP contribution in [0, 0.1) is 10.1 Å². The van der Waals surface area contributed by atoms with Crippen molar-refractivity contribution in [3.05, 3.63) is 64.3 Å². The number of carboxylic acid groups (broad SMARTS) is 1. The Balaban J connectivity index is 2.19. The van der Waals surface area contributed by atoms with Gasteiger partial charge in [0.25, 0.3) is 5.69 Å². The second-order valence-electron chi connectivity index (χ2n) is 4.68. The van der Waals surface area contributed by atoms with E-state index in [1.807, 2.05) is 30.3 Å². The Morgan fingerprint density at radius 2 is 1.95 bits per heavy atom. The minimum atomic E-state index is -0.903. The van der Waals surface area contributed by atoms with Gasteiger partial charge in [0.15, 0.2) is 0 Å². The van der Waals surface area contributed by atoms with Crippen molar-refractivity contribution in [1.82, 2.24) is 4.98 Å². The molecule has 0 amide bonds. The van der Waals surface area contributed by atoms with E-state index in [2.05, 4.69) is 4.98 Å². The average molecular weight is 301 g/mol. The normalized spacial score (nSPS) is 10.2. The Hall–Kier alpha value is -2.96. The van der Waals surface area contributed by atoms with Crippen LogP contribution in [0.25, 0.3) is 0 Å². The maximum absolute atomic E-state index is 10.8. The van der Waals surface area contributed by atoms with E-state index in [1.165, 1.54) is 18.3 Å². The van der Waals surface area contributed by atoms with E-state index < -0.39 is 10.9 Å². The first-order valence-corrected chi connectivity index (χ1v) is 6.67. The fourth-order valence-electron chi connectivity index (χ4n) is 1.98. The molecular formula is C15H15N3O4. The molecule has 7 heteroatoms. The lowest BCUT2D eigenvalue weighted by atomic mass is 10.2. The summed E-state index contributed by atoms with van der Waals surface area (Å²) >= 11 is 0. The molecule has 0 saturated carbocycles. The number of nitrogens with zero attached hydrogens (tertiary/aromatic N) is 3. The van der Waals surface area contributed by atoms with E-state index >= 15 is 0 Å². The Morgan fingerprint density at radius 1 is 1.23 bits per heavy atom. The summed E-state index contributed by atoms with van der Waals surface area (Å²) in [6.45, 7) is 0.758. The van der Waals surface area contributed by atoms with Crippen molar-refractivity contribution in [3.63, 3.8) is 0 Å². The molecule has 1 aromatic carbocycles. The zero-order chi connectivity index (χ0) is 15.9. The lowest BCUT2D eigenvalue weighted by Gasteiger charge is -2.23. The fourth-order valence-corrected chi connectivity index (χ4v) is 1.98. The lowest BCUT2D eigenvalue weighted by Crippen LogP contribution is -2.26. The van der Waals surface area contributed by atoms with Gasteiger partial charge in [0, 0.05) is 19.2 Å². The molecule has 0 aliphatic rings. The van der Waals surface area contributed by atoms with Crippen molar-refractivity contribution in [2.45, 2.75) is 13.0 Å². The SMILES string of the molecule is O=C(O)CCN(Cc1ccccc1)c1ccc([N+](=O)[O-])cn1. The van der Waals surface area contributed by atoms with Crippen LogP contribution in [0.15, 0.2) is 48.7 Å². The summed E-state index contributed by atoms with van der Waals surface area (Å²) in [5.41, 5.74) is 0.912. The van der Waals surface area contributed by atoms with Crippen LogP contribution in [0.5, 0.6) is 0 Å². The summed E-state index contributed by atoms with van der Waals surface area (Å²) in [5, 5.41) is 19.5. The molecule has 114 valence electrons. The van der Waals surface area contributed by atoms with Gasteiger partial charge >= 0.3 is 5.97 Å². The van der Waals surface area contributed by atoms with Gasteiger partial charge in [0.05, 0.1) is 11.3 Å². The number of nitro groups is 1. The molecule has 0 spiro atoms. The number of anilines is 1. The van der Waals surface area contributed by atoms with Crippen LogP contribution < -0.4 is 4.90 Å². The minimum absolute atomic E-state index is 0.0362. The van der Waals surface area contributed by atoms with E-state index in [1.54, 1.807) is 4.90 Å². The molecule has 0 aliphatic carbocycles. The maximum atomic E-state index is 10.8. The van der Waals surface area contributed by atoms with Gasteiger partial charge in [-0.1, -0.05) is 30.3 Å². The average Bonchev–Trinajstić information content (AvgIpc) is 2.52. The van der Waals surface area contributed by atoms with Crippen molar-refractivity contribution in [2.24, 2.45) is 0 Å². The van der Waals surface area contributed by atoms with Crippen LogP contribution in [0.3, 0.4) is 0 Å². The summed E-state index contributed by atoms with van der Waals surface area (Å²) in [5.74, 6) is -0.393. The molecule has 1 N–H and O–H groups in total. The highest BCUT2D eigenvalue weighted by Gasteiger charge is 2.13. The van der Waals surface area contributed by atoms with Crippen LogP contribution in [-0.2, 0) is 11.3 Å². The largest absolute Gasteiger partial charge is 0.481 e. The monoisotopic (exact) mass is 301 g/mol. The van der Waals surface area contributed by atoms with E-state index in [9.17, 15) is 14.9 Å². The first-order chi connectivity index (χ1) is 10.6. The Morgan fingerprint density at radius 3 is 2.50 bits per heavy atom. The van der Waals surface area contributed by atoms with Gasteiger partial charge in [-0.25, -0.2) is 4.98 Å². The van der Waals surface area contributed by atoms with Crippen LogP contribution in [-0.4, -0.2) is 27.5 Å². The van der Waals surface area contributed by atoms with E-state index in [4.69, 9.17) is 5.11 Å². The molecule has 1 heterocycles. The van der Waals surface area contributed by atoms with Gasteiger partial charge < -0.3 is 10.0 Å². The summed E-state index contributed by atoms with van der Waals surface area (Å²) in [7, 11) is 0. The van der Waals surface area contributed by atoms with Gasteiger partial charge in [-0.15, -0.1) is 0 Å². The summed E-state index contributed by atoms with van der Waals surface area (Å²) in [4.78, 5) is 26.8. The second-order valence-corrected chi connectivity index (χ2v) is 4.68. The first-order valence-electron chi connectivity index (χ1n) is 6.67. The standard InChI is InChI=1S/C15H15N3O4/c19-15(20)8-9-17(11-12-4-2-1-3-5-12)14-7-6-13(10-16-14)18(21)22/h1-7,10H,8-9,11H2,(H,19,20). The highest BCUT2D eigenvalue weighted by atomic mass is 16.6. The van der Waals surface area contributed by atoms with Crippen molar-refractivity contribution >= 4 is 17.5 Å². The van der Waals surface area contributed by atoms with Gasteiger partial charge in [0.1, 0.15) is 12.0 Å². The van der Waals surface area contributed by atoms with E-state index in [-0.39, 0.29) is 18.7 Å². The highest BCUT2D eigenvalue weighted by Crippen LogP contribution is 2.18. The minimum Gasteiger partial charge on any atom is -0.481 e.